The van der Waals surface area contributed by atoms with Crippen molar-refractivity contribution >= 4 is 16.0 Å². The van der Waals surface area contributed by atoms with Gasteiger partial charge in [0, 0.05) is 12.1 Å². The van der Waals surface area contributed by atoms with Gasteiger partial charge in [0.2, 0.25) is 10.0 Å². The molecule has 0 amide bonds. The van der Waals surface area contributed by atoms with Gasteiger partial charge in [0.1, 0.15) is 5.82 Å². The summed E-state index contributed by atoms with van der Waals surface area (Å²) in [6.45, 7) is 3.06. The molecule has 22 heavy (non-hydrogen) atoms. The highest BCUT2D eigenvalue weighted by atomic mass is 32.2. The molecule has 2 bridgehead atoms. The Morgan fingerprint density at radius 2 is 1.86 bits per heavy atom. The van der Waals surface area contributed by atoms with Crippen LogP contribution in [-0.4, -0.2) is 35.9 Å². The van der Waals surface area contributed by atoms with E-state index in [2.05, 4.69) is 0 Å². The summed E-state index contributed by atoms with van der Waals surface area (Å²) < 4.78 is 40.8. The van der Waals surface area contributed by atoms with Gasteiger partial charge in [0.15, 0.2) is 0 Å². The van der Waals surface area contributed by atoms with Gasteiger partial charge in [-0.3, -0.25) is 4.79 Å². The summed E-state index contributed by atoms with van der Waals surface area (Å²) in [7, 11) is -3.80. The van der Waals surface area contributed by atoms with Crippen molar-refractivity contribution in [3.8, 4) is 0 Å². The van der Waals surface area contributed by atoms with Crippen molar-refractivity contribution in [1.29, 1.82) is 0 Å². The standard InChI is InChI=1S/C15H18FNO4S/c1-8-5-11(6-9(2)14(8)16)22(20,21)17-10-3-4-13(17)12(7-10)15(18)19/h5-6,10,12-13H,3-4,7H2,1-2H3,(H,18,19)/t10-,12-,13-/m0/s1. The quantitative estimate of drug-likeness (QED) is 0.922. The maximum Gasteiger partial charge on any atom is 0.308 e. The number of hydrogen-bond acceptors (Lipinski definition) is 3. The molecule has 5 nitrogen and oxygen atoms in total. The molecule has 2 fully saturated rings. The minimum absolute atomic E-state index is 0.0480. The van der Waals surface area contributed by atoms with Gasteiger partial charge < -0.3 is 5.11 Å². The maximum atomic E-state index is 13.7. The molecule has 1 N–H and O–H groups in total. The smallest absolute Gasteiger partial charge is 0.308 e. The van der Waals surface area contributed by atoms with Crippen LogP contribution < -0.4 is 0 Å². The molecule has 3 atom stereocenters. The Balaban J connectivity index is 2.03. The van der Waals surface area contributed by atoms with Crippen LogP contribution in [0.15, 0.2) is 17.0 Å². The summed E-state index contributed by atoms with van der Waals surface area (Å²) in [5, 5.41) is 9.24. The highest BCUT2D eigenvalue weighted by Gasteiger charge is 2.54. The SMILES string of the molecule is Cc1cc(S(=O)(=O)N2[C@H]3CC[C@H]2[C@@H](C(=O)O)C3)cc(C)c1F. The molecular weight excluding hydrogens is 309 g/mol. The Labute approximate surface area is 128 Å². The van der Waals surface area contributed by atoms with Crippen LogP contribution in [-0.2, 0) is 14.8 Å². The largest absolute Gasteiger partial charge is 0.481 e. The normalized spacial score (nSPS) is 28.2. The Bertz CT molecular complexity index is 723. The first-order chi connectivity index (χ1) is 10.2. The Hall–Kier alpha value is -1.47. The molecule has 0 saturated carbocycles. The van der Waals surface area contributed by atoms with Crippen molar-refractivity contribution in [3.63, 3.8) is 0 Å². The van der Waals surface area contributed by atoms with Gasteiger partial charge in [-0.05, 0) is 56.4 Å². The van der Waals surface area contributed by atoms with Gasteiger partial charge in [-0.25, -0.2) is 12.8 Å². The molecule has 2 heterocycles. The lowest BCUT2D eigenvalue weighted by atomic mass is 9.89. The zero-order valence-electron chi connectivity index (χ0n) is 12.4. The van der Waals surface area contributed by atoms with Crippen LogP contribution in [0.4, 0.5) is 4.39 Å². The number of rotatable bonds is 3. The molecule has 1 aromatic rings. The minimum Gasteiger partial charge on any atom is -0.481 e. The highest BCUT2D eigenvalue weighted by molar-refractivity contribution is 7.89. The summed E-state index contributed by atoms with van der Waals surface area (Å²) in [5.41, 5.74) is 0.555. The zero-order valence-corrected chi connectivity index (χ0v) is 13.2. The predicted octanol–water partition coefficient (Wildman–Crippen LogP) is 2.07. The fraction of sp³-hybridized carbons (Fsp3) is 0.533. The Morgan fingerprint density at radius 3 is 2.36 bits per heavy atom. The van der Waals surface area contributed by atoms with Gasteiger partial charge in [-0.2, -0.15) is 4.31 Å². The number of halogens is 1. The van der Waals surface area contributed by atoms with Gasteiger partial charge in [0.05, 0.1) is 10.8 Å². The minimum atomic E-state index is -3.80. The number of nitrogens with zero attached hydrogens (tertiary/aromatic N) is 1. The molecule has 1 aromatic carbocycles. The number of carboxylic acid groups (broad SMARTS) is 1. The van der Waals surface area contributed by atoms with Gasteiger partial charge >= 0.3 is 5.97 Å². The first-order valence-corrected chi connectivity index (χ1v) is 8.70. The summed E-state index contributed by atoms with van der Waals surface area (Å²) >= 11 is 0. The number of carbonyl (C=O) groups is 1. The number of aliphatic carboxylic acids is 1. The van der Waals surface area contributed by atoms with E-state index < -0.39 is 33.8 Å². The Kier molecular flexibility index (Phi) is 3.52. The monoisotopic (exact) mass is 327 g/mol. The third-order valence-corrected chi connectivity index (χ3v) is 6.73. The van der Waals surface area contributed by atoms with E-state index in [9.17, 15) is 22.7 Å². The highest BCUT2D eigenvalue weighted by Crippen LogP contribution is 2.45. The molecule has 0 aliphatic carbocycles. The van der Waals surface area contributed by atoms with E-state index in [1.165, 1.54) is 30.3 Å². The van der Waals surface area contributed by atoms with Crippen LogP contribution in [0, 0.1) is 25.6 Å². The fourth-order valence-electron chi connectivity index (χ4n) is 3.76. The van der Waals surface area contributed by atoms with Gasteiger partial charge in [0.25, 0.3) is 0 Å². The molecule has 120 valence electrons. The molecule has 0 aromatic heterocycles. The molecule has 0 unspecified atom stereocenters. The van der Waals surface area contributed by atoms with Crippen molar-refractivity contribution in [2.75, 3.05) is 0 Å². The molecule has 7 heteroatoms. The molecule has 3 rings (SSSR count). The molecule has 2 saturated heterocycles. The summed E-state index contributed by atoms with van der Waals surface area (Å²) in [6, 6.07) is 1.90. The number of aryl methyl sites for hydroxylation is 2. The van der Waals surface area contributed by atoms with Crippen LogP contribution in [0.2, 0.25) is 0 Å². The van der Waals surface area contributed by atoms with Crippen molar-refractivity contribution in [2.45, 2.75) is 50.1 Å². The molecule has 0 spiro atoms. The van der Waals surface area contributed by atoms with E-state index >= 15 is 0 Å². The number of benzene rings is 1. The fourth-order valence-corrected chi connectivity index (χ4v) is 5.84. The maximum absolute atomic E-state index is 13.7. The van der Waals surface area contributed by atoms with E-state index in [1.54, 1.807) is 0 Å². The summed E-state index contributed by atoms with van der Waals surface area (Å²) in [5.74, 6) is -2.00. The van der Waals surface area contributed by atoms with E-state index in [0.29, 0.717) is 19.3 Å². The third kappa shape index (κ3) is 2.14. The topological polar surface area (TPSA) is 74.7 Å². The molecular formula is C15H18FNO4S. The average molecular weight is 327 g/mol. The van der Waals surface area contributed by atoms with E-state index in [-0.39, 0.29) is 22.1 Å². The second-order valence-electron chi connectivity index (χ2n) is 6.18. The van der Waals surface area contributed by atoms with Crippen molar-refractivity contribution < 1.29 is 22.7 Å². The van der Waals surface area contributed by atoms with Gasteiger partial charge in [-0.15, -0.1) is 0 Å². The first-order valence-electron chi connectivity index (χ1n) is 7.26. The predicted molar refractivity (Wildman–Crippen MR) is 77.5 cm³/mol. The molecule has 2 aliphatic heterocycles. The lowest BCUT2D eigenvalue weighted by Gasteiger charge is -2.23. The number of sulfonamides is 1. The lowest BCUT2D eigenvalue weighted by Crippen LogP contribution is -2.37. The van der Waals surface area contributed by atoms with Crippen LogP contribution in [0.1, 0.15) is 30.4 Å². The van der Waals surface area contributed by atoms with Crippen LogP contribution in [0.25, 0.3) is 0 Å². The number of fused-ring (bicyclic) bond motifs is 2. The Morgan fingerprint density at radius 1 is 1.27 bits per heavy atom. The second kappa shape index (κ2) is 5.03. The van der Waals surface area contributed by atoms with Crippen molar-refractivity contribution in [3.05, 3.63) is 29.1 Å². The zero-order chi connectivity index (χ0) is 16.2. The van der Waals surface area contributed by atoms with Gasteiger partial charge in [-0.1, -0.05) is 0 Å². The number of hydrogen-bond donors (Lipinski definition) is 1. The molecule has 0 radical (unpaired) electrons. The summed E-state index contributed by atoms with van der Waals surface area (Å²) in [6.07, 6.45) is 1.62. The average Bonchev–Trinajstić information content (AvgIpc) is 3.02. The molecule has 2 aliphatic rings. The lowest BCUT2D eigenvalue weighted by molar-refractivity contribution is -0.142. The number of carboxylic acids is 1. The van der Waals surface area contributed by atoms with Crippen LogP contribution in [0.5, 0.6) is 0 Å². The van der Waals surface area contributed by atoms with E-state index in [1.807, 2.05) is 0 Å². The van der Waals surface area contributed by atoms with Crippen molar-refractivity contribution in [1.82, 2.24) is 4.31 Å². The first kappa shape index (κ1) is 15.4. The van der Waals surface area contributed by atoms with Crippen LogP contribution >= 0.6 is 0 Å². The van der Waals surface area contributed by atoms with Crippen LogP contribution in [0.3, 0.4) is 0 Å². The second-order valence-corrected chi connectivity index (χ2v) is 8.03. The summed E-state index contributed by atoms with van der Waals surface area (Å²) in [4.78, 5) is 11.3. The third-order valence-electron chi connectivity index (χ3n) is 4.78. The van der Waals surface area contributed by atoms with Crippen molar-refractivity contribution in [2.24, 2.45) is 5.92 Å². The van der Waals surface area contributed by atoms with E-state index in [0.717, 1.165) is 0 Å². The van der Waals surface area contributed by atoms with E-state index in [4.69, 9.17) is 0 Å².